The molecule has 0 aromatic rings. The number of ether oxygens (including phenoxy) is 1. The third-order valence-electron chi connectivity index (χ3n) is 0.742. The number of hydrogen-bond acceptors (Lipinski definition) is 2. The van der Waals surface area contributed by atoms with E-state index in [4.69, 9.17) is 5.11 Å². The molecule has 0 aromatic carbocycles. The molecule has 0 saturated carbocycles. The van der Waals surface area contributed by atoms with Gasteiger partial charge in [-0.1, -0.05) is 6.92 Å². The molecule has 0 amide bonds. The van der Waals surface area contributed by atoms with E-state index >= 15 is 0 Å². The normalized spacial score (nSPS) is 8.70. The van der Waals surface area contributed by atoms with Crippen LogP contribution < -0.4 is 0 Å². The first-order valence-corrected chi connectivity index (χ1v) is 2.52. The lowest BCUT2D eigenvalue weighted by Crippen LogP contribution is -1.99. The average molecular weight is 152 g/mol. The van der Waals surface area contributed by atoms with Gasteiger partial charge in [-0.05, 0) is 0 Å². The van der Waals surface area contributed by atoms with Gasteiger partial charge in [0.2, 0.25) is 0 Å². The highest BCUT2D eigenvalue weighted by Crippen LogP contribution is 2.12. The van der Waals surface area contributed by atoms with E-state index < -0.39 is 18.0 Å². The summed E-state index contributed by atoms with van der Waals surface area (Å²) in [5.74, 6) is -0.799. The minimum Gasteiger partial charge on any atom is -0.449 e. The van der Waals surface area contributed by atoms with Gasteiger partial charge in [-0.25, -0.2) is 4.79 Å². The summed E-state index contributed by atoms with van der Waals surface area (Å²) in [4.78, 5) is 9.68. The minimum absolute atomic E-state index is 0.130. The van der Waals surface area contributed by atoms with Gasteiger partial charge in [-0.2, -0.15) is 8.78 Å². The summed E-state index contributed by atoms with van der Waals surface area (Å²) in [5, 5.41) is 7.87. The first-order valence-electron chi connectivity index (χ1n) is 2.52. The first-order chi connectivity index (χ1) is 4.57. The highest BCUT2D eigenvalue weighted by Gasteiger charge is 2.08. The first kappa shape index (κ1) is 8.87. The molecule has 1 N–H and O–H groups in total. The Hall–Kier alpha value is -1.13. The fourth-order valence-corrected chi connectivity index (χ4v) is 0.350. The lowest BCUT2D eigenvalue weighted by atomic mass is 10.4. The van der Waals surface area contributed by atoms with Gasteiger partial charge in [0.15, 0.2) is 5.76 Å². The van der Waals surface area contributed by atoms with Crippen LogP contribution in [0, 0.1) is 0 Å². The molecule has 0 fully saturated rings. The van der Waals surface area contributed by atoms with E-state index in [-0.39, 0.29) is 6.42 Å². The van der Waals surface area contributed by atoms with E-state index in [1.807, 2.05) is 0 Å². The Morgan fingerprint density at radius 3 is 2.20 bits per heavy atom. The molecule has 3 nitrogen and oxygen atoms in total. The Morgan fingerprint density at radius 2 is 2.10 bits per heavy atom. The van der Waals surface area contributed by atoms with E-state index in [0.29, 0.717) is 0 Å². The summed E-state index contributed by atoms with van der Waals surface area (Å²) in [5.41, 5.74) is 0. The van der Waals surface area contributed by atoms with Gasteiger partial charge in [0, 0.05) is 6.42 Å². The topological polar surface area (TPSA) is 46.5 Å². The molecule has 5 heteroatoms. The summed E-state index contributed by atoms with van der Waals surface area (Å²) in [6.45, 7) is 1.37. The third kappa shape index (κ3) is 3.01. The van der Waals surface area contributed by atoms with Crippen molar-refractivity contribution in [3.63, 3.8) is 0 Å². The van der Waals surface area contributed by atoms with Crippen LogP contribution in [0.15, 0.2) is 11.8 Å². The second kappa shape index (κ2) is 3.81. The highest BCUT2D eigenvalue weighted by molar-refractivity contribution is 5.58. The zero-order chi connectivity index (χ0) is 8.15. The molecule has 0 atom stereocenters. The number of halogens is 2. The molecule has 0 aliphatic carbocycles. The maximum absolute atomic E-state index is 11.6. The molecule has 58 valence electrons. The molecular weight excluding hydrogens is 146 g/mol. The SMILES string of the molecule is CCC(OC(=O)O)=C(F)F. The van der Waals surface area contributed by atoms with E-state index in [2.05, 4.69) is 4.74 Å². The zero-order valence-corrected chi connectivity index (χ0v) is 5.23. The quantitative estimate of drug-likeness (QED) is 0.487. The van der Waals surface area contributed by atoms with Crippen molar-refractivity contribution in [3.05, 3.63) is 11.8 Å². The fourth-order valence-electron chi connectivity index (χ4n) is 0.350. The molecule has 0 saturated heterocycles. The van der Waals surface area contributed by atoms with Crippen molar-refractivity contribution in [3.8, 4) is 0 Å². The van der Waals surface area contributed by atoms with E-state index in [0.717, 1.165) is 0 Å². The lowest BCUT2D eigenvalue weighted by Gasteiger charge is -1.98. The monoisotopic (exact) mass is 152 g/mol. The van der Waals surface area contributed by atoms with Crippen LogP contribution in [0.2, 0.25) is 0 Å². The zero-order valence-electron chi connectivity index (χ0n) is 5.23. The molecule has 10 heavy (non-hydrogen) atoms. The van der Waals surface area contributed by atoms with Crippen LogP contribution in [0.5, 0.6) is 0 Å². The van der Waals surface area contributed by atoms with Crippen molar-refractivity contribution >= 4 is 6.16 Å². The van der Waals surface area contributed by atoms with Gasteiger partial charge in [0.25, 0.3) is 0 Å². The lowest BCUT2D eigenvalue weighted by molar-refractivity contribution is 0.110. The van der Waals surface area contributed by atoms with Crippen LogP contribution in [0.4, 0.5) is 13.6 Å². The van der Waals surface area contributed by atoms with Crippen LogP contribution in [-0.2, 0) is 4.74 Å². The van der Waals surface area contributed by atoms with Crippen molar-refractivity contribution < 1.29 is 23.4 Å². The maximum atomic E-state index is 11.6. The van der Waals surface area contributed by atoms with Crippen LogP contribution in [-0.4, -0.2) is 11.3 Å². The van der Waals surface area contributed by atoms with Crippen LogP contribution in [0.25, 0.3) is 0 Å². The number of hydrogen-bond donors (Lipinski definition) is 1. The number of allylic oxidation sites excluding steroid dienone is 1. The Morgan fingerprint density at radius 1 is 1.60 bits per heavy atom. The van der Waals surface area contributed by atoms with Crippen LogP contribution in [0.1, 0.15) is 13.3 Å². The minimum atomic E-state index is -2.09. The van der Waals surface area contributed by atoms with Gasteiger partial charge >= 0.3 is 12.2 Å². The summed E-state index contributed by atoms with van der Waals surface area (Å²) < 4.78 is 26.8. The van der Waals surface area contributed by atoms with Crippen molar-refractivity contribution in [1.82, 2.24) is 0 Å². The number of rotatable bonds is 2. The van der Waals surface area contributed by atoms with Gasteiger partial charge in [0.05, 0.1) is 0 Å². The van der Waals surface area contributed by atoms with Crippen molar-refractivity contribution in [2.24, 2.45) is 0 Å². The van der Waals surface area contributed by atoms with Crippen molar-refractivity contribution in [2.75, 3.05) is 0 Å². The second-order valence-electron chi connectivity index (χ2n) is 1.41. The summed E-state index contributed by atoms with van der Waals surface area (Å²) in [6.07, 6.45) is -3.94. The molecule has 0 aliphatic rings. The molecular formula is C5H6F2O3. The Kier molecular flexibility index (Phi) is 3.38. The standard InChI is InChI=1S/C5H6F2O3/c1-2-3(4(6)7)10-5(8)9/h2H2,1H3,(H,8,9). The van der Waals surface area contributed by atoms with E-state index in [1.54, 1.807) is 0 Å². The molecule has 0 heterocycles. The molecule has 0 unspecified atom stereocenters. The van der Waals surface area contributed by atoms with Crippen molar-refractivity contribution in [2.45, 2.75) is 13.3 Å². The van der Waals surface area contributed by atoms with Crippen molar-refractivity contribution in [1.29, 1.82) is 0 Å². The van der Waals surface area contributed by atoms with Gasteiger partial charge in [-0.15, -0.1) is 0 Å². The Balaban J connectivity index is 4.11. The van der Waals surface area contributed by atoms with Crippen LogP contribution >= 0.6 is 0 Å². The van der Waals surface area contributed by atoms with E-state index in [1.165, 1.54) is 6.92 Å². The van der Waals surface area contributed by atoms with Gasteiger partial charge in [-0.3, -0.25) is 0 Å². The number of carbonyl (C=O) groups is 1. The molecule has 0 spiro atoms. The summed E-state index contributed by atoms with van der Waals surface area (Å²) in [7, 11) is 0. The molecule has 0 radical (unpaired) electrons. The predicted octanol–water partition coefficient (Wildman–Crippen LogP) is 2.20. The molecule has 0 bridgehead atoms. The third-order valence-corrected chi connectivity index (χ3v) is 0.742. The maximum Gasteiger partial charge on any atom is 0.511 e. The van der Waals surface area contributed by atoms with Crippen LogP contribution in [0.3, 0.4) is 0 Å². The second-order valence-corrected chi connectivity index (χ2v) is 1.41. The predicted molar refractivity (Wildman–Crippen MR) is 28.6 cm³/mol. The summed E-state index contributed by atoms with van der Waals surface area (Å²) >= 11 is 0. The molecule has 0 rings (SSSR count). The summed E-state index contributed by atoms with van der Waals surface area (Å²) in [6, 6.07) is 0. The smallest absolute Gasteiger partial charge is 0.449 e. The molecule has 0 aromatic heterocycles. The van der Waals surface area contributed by atoms with Gasteiger partial charge < -0.3 is 9.84 Å². The fraction of sp³-hybridized carbons (Fsp3) is 0.400. The van der Waals surface area contributed by atoms with Gasteiger partial charge in [0.1, 0.15) is 0 Å². The largest absolute Gasteiger partial charge is 0.511 e. The van der Waals surface area contributed by atoms with E-state index in [9.17, 15) is 13.6 Å². The molecule has 0 aliphatic heterocycles. The Labute approximate surface area is 55.9 Å². The Bertz CT molecular complexity index is 160. The average Bonchev–Trinajstić information content (AvgIpc) is 1.81. The number of carboxylic acid groups (broad SMARTS) is 1. The highest BCUT2D eigenvalue weighted by atomic mass is 19.3.